The van der Waals surface area contributed by atoms with E-state index in [9.17, 15) is 9.18 Å². The Labute approximate surface area is 113 Å². The summed E-state index contributed by atoms with van der Waals surface area (Å²) in [6.45, 7) is 0. The van der Waals surface area contributed by atoms with Crippen molar-refractivity contribution in [3.05, 3.63) is 64.7 Å². The summed E-state index contributed by atoms with van der Waals surface area (Å²) in [7, 11) is 0. The van der Waals surface area contributed by atoms with Gasteiger partial charge in [-0.3, -0.25) is 4.98 Å². The Morgan fingerprint density at radius 2 is 2.20 bits per heavy atom. The van der Waals surface area contributed by atoms with Crippen LogP contribution in [0.2, 0.25) is 0 Å². The normalized spacial score (nSPS) is 14.8. The van der Waals surface area contributed by atoms with E-state index in [0.717, 1.165) is 0 Å². The van der Waals surface area contributed by atoms with Crippen molar-refractivity contribution in [2.75, 3.05) is 0 Å². The minimum absolute atomic E-state index is 0.0649. The molecule has 1 aliphatic heterocycles. The molecule has 1 aliphatic rings. The Hall–Kier alpha value is -3.00. The van der Waals surface area contributed by atoms with E-state index in [4.69, 9.17) is 10.00 Å². The van der Waals surface area contributed by atoms with Gasteiger partial charge in [0.15, 0.2) is 5.76 Å². The Morgan fingerprint density at radius 3 is 3.00 bits per heavy atom. The molecule has 0 saturated carbocycles. The van der Waals surface area contributed by atoms with Crippen LogP contribution in [0, 0.1) is 17.1 Å². The summed E-state index contributed by atoms with van der Waals surface area (Å²) in [4.78, 5) is 15.7. The minimum atomic E-state index is -0.586. The van der Waals surface area contributed by atoms with Crippen LogP contribution in [0.1, 0.15) is 27.2 Å². The monoisotopic (exact) mass is 266 g/mol. The summed E-state index contributed by atoms with van der Waals surface area (Å²) < 4.78 is 18.4. The molecule has 96 valence electrons. The molecule has 0 unspecified atom stereocenters. The number of aromatic nitrogens is 1. The Balaban J connectivity index is 2.07. The number of fused-ring (bicyclic) bond motifs is 1. The van der Waals surface area contributed by atoms with E-state index in [1.54, 1.807) is 30.5 Å². The molecular formula is C15H7FN2O2. The highest BCUT2D eigenvalue weighted by Crippen LogP contribution is 2.29. The average molecular weight is 266 g/mol. The predicted octanol–water partition coefficient (Wildman–Crippen LogP) is 2.76. The van der Waals surface area contributed by atoms with Crippen molar-refractivity contribution in [2.45, 2.75) is 0 Å². The second-order valence-electron chi connectivity index (χ2n) is 4.15. The zero-order valence-corrected chi connectivity index (χ0v) is 10.1. The maximum atomic E-state index is 13.2. The standard InChI is InChI=1S/C15H7FN2O2/c16-12-4-3-9(6-10(12)8-17)7-13-14-11(15(19)20-13)2-1-5-18-14/h1-7H/b13-7-. The van der Waals surface area contributed by atoms with Crippen LogP contribution in [0.4, 0.5) is 4.39 Å². The van der Waals surface area contributed by atoms with Gasteiger partial charge in [-0.2, -0.15) is 5.26 Å². The number of hydrogen-bond acceptors (Lipinski definition) is 4. The molecule has 5 heteroatoms. The number of halogens is 1. The molecular weight excluding hydrogens is 259 g/mol. The molecule has 0 amide bonds. The average Bonchev–Trinajstić information content (AvgIpc) is 2.78. The van der Waals surface area contributed by atoms with Crippen molar-refractivity contribution in [3.63, 3.8) is 0 Å². The number of esters is 1. The van der Waals surface area contributed by atoms with Crippen LogP contribution in [-0.4, -0.2) is 11.0 Å². The summed E-state index contributed by atoms with van der Waals surface area (Å²) in [5.41, 5.74) is 1.33. The molecule has 0 aliphatic carbocycles. The first-order chi connectivity index (χ1) is 9.69. The fourth-order valence-corrected chi connectivity index (χ4v) is 1.94. The number of nitriles is 1. The van der Waals surface area contributed by atoms with Crippen molar-refractivity contribution >= 4 is 17.8 Å². The number of rotatable bonds is 1. The summed E-state index contributed by atoms with van der Waals surface area (Å²) in [6.07, 6.45) is 3.11. The van der Waals surface area contributed by atoms with Gasteiger partial charge < -0.3 is 4.74 Å². The number of carbonyl (C=O) groups excluding carboxylic acids is 1. The van der Waals surface area contributed by atoms with E-state index in [2.05, 4.69) is 4.98 Å². The lowest BCUT2D eigenvalue weighted by molar-refractivity contribution is 0.0717. The minimum Gasteiger partial charge on any atom is -0.421 e. The first-order valence-corrected chi connectivity index (χ1v) is 5.78. The van der Waals surface area contributed by atoms with Crippen LogP contribution in [-0.2, 0) is 4.74 Å². The van der Waals surface area contributed by atoms with Gasteiger partial charge >= 0.3 is 5.97 Å². The fraction of sp³-hybridized carbons (Fsp3) is 0. The van der Waals surface area contributed by atoms with Crippen molar-refractivity contribution in [2.24, 2.45) is 0 Å². The van der Waals surface area contributed by atoms with Crippen LogP contribution < -0.4 is 0 Å². The van der Waals surface area contributed by atoms with E-state index in [1.807, 2.05) is 0 Å². The molecule has 0 spiro atoms. The summed E-state index contributed by atoms with van der Waals surface area (Å²) in [5.74, 6) is -0.764. The lowest BCUT2D eigenvalue weighted by Crippen LogP contribution is -1.92. The third kappa shape index (κ3) is 1.93. The Kier molecular flexibility index (Phi) is 2.77. The maximum absolute atomic E-state index is 13.2. The van der Waals surface area contributed by atoms with Crippen molar-refractivity contribution in [1.29, 1.82) is 5.26 Å². The van der Waals surface area contributed by atoms with Gasteiger partial charge in [-0.15, -0.1) is 0 Å². The topological polar surface area (TPSA) is 63.0 Å². The summed E-state index contributed by atoms with van der Waals surface area (Å²) in [6, 6.07) is 9.11. The third-order valence-corrected chi connectivity index (χ3v) is 2.87. The van der Waals surface area contributed by atoms with Crippen LogP contribution in [0.15, 0.2) is 36.5 Å². The van der Waals surface area contributed by atoms with Crippen LogP contribution >= 0.6 is 0 Å². The van der Waals surface area contributed by atoms with Gasteiger partial charge in [-0.1, -0.05) is 6.07 Å². The van der Waals surface area contributed by atoms with Gasteiger partial charge in [0.05, 0.1) is 11.1 Å². The van der Waals surface area contributed by atoms with Crippen molar-refractivity contribution in [1.82, 2.24) is 4.98 Å². The molecule has 0 saturated heterocycles. The molecule has 2 heterocycles. The molecule has 0 radical (unpaired) electrons. The number of nitrogens with zero attached hydrogens (tertiary/aromatic N) is 2. The molecule has 3 rings (SSSR count). The number of benzene rings is 1. The first kappa shape index (κ1) is 12.1. The second-order valence-corrected chi connectivity index (χ2v) is 4.15. The van der Waals surface area contributed by atoms with Crippen LogP contribution in [0.25, 0.3) is 11.8 Å². The summed E-state index contributed by atoms with van der Waals surface area (Å²) in [5, 5.41) is 8.80. The Morgan fingerprint density at radius 1 is 1.35 bits per heavy atom. The molecule has 0 bridgehead atoms. The zero-order valence-electron chi connectivity index (χ0n) is 10.1. The van der Waals surface area contributed by atoms with Gasteiger partial charge in [0.25, 0.3) is 0 Å². The fourth-order valence-electron chi connectivity index (χ4n) is 1.94. The quantitative estimate of drug-likeness (QED) is 0.744. The van der Waals surface area contributed by atoms with Gasteiger partial charge in [0.2, 0.25) is 0 Å². The molecule has 4 nitrogen and oxygen atoms in total. The second kappa shape index (κ2) is 4.59. The highest BCUT2D eigenvalue weighted by molar-refractivity contribution is 6.04. The van der Waals surface area contributed by atoms with Gasteiger partial charge in [-0.25, -0.2) is 9.18 Å². The smallest absolute Gasteiger partial charge is 0.345 e. The summed E-state index contributed by atoms with van der Waals surface area (Å²) >= 11 is 0. The molecule has 0 N–H and O–H groups in total. The highest BCUT2D eigenvalue weighted by atomic mass is 19.1. The van der Waals surface area contributed by atoms with Gasteiger partial charge in [0, 0.05) is 6.20 Å². The van der Waals surface area contributed by atoms with Crippen molar-refractivity contribution in [3.8, 4) is 6.07 Å². The van der Waals surface area contributed by atoms with Crippen LogP contribution in [0.3, 0.4) is 0 Å². The highest BCUT2D eigenvalue weighted by Gasteiger charge is 2.27. The number of cyclic esters (lactones) is 1. The number of pyridine rings is 1. The van der Waals surface area contributed by atoms with E-state index in [0.29, 0.717) is 22.6 Å². The predicted molar refractivity (Wildman–Crippen MR) is 68.6 cm³/mol. The maximum Gasteiger partial charge on any atom is 0.345 e. The van der Waals surface area contributed by atoms with Crippen LogP contribution in [0.5, 0.6) is 0 Å². The number of hydrogen-bond donors (Lipinski definition) is 0. The SMILES string of the molecule is N#Cc1cc(/C=C2\OC(=O)c3cccnc32)ccc1F. The van der Waals surface area contributed by atoms with Gasteiger partial charge in [0.1, 0.15) is 17.6 Å². The van der Waals surface area contributed by atoms with Gasteiger partial charge in [-0.05, 0) is 35.9 Å². The lowest BCUT2D eigenvalue weighted by atomic mass is 10.1. The van der Waals surface area contributed by atoms with E-state index in [-0.39, 0.29) is 5.56 Å². The first-order valence-electron chi connectivity index (χ1n) is 5.78. The molecule has 1 aromatic carbocycles. The molecule has 0 atom stereocenters. The molecule has 20 heavy (non-hydrogen) atoms. The zero-order chi connectivity index (χ0) is 14.1. The number of carbonyl (C=O) groups is 1. The third-order valence-electron chi connectivity index (χ3n) is 2.87. The molecule has 2 aromatic rings. The van der Waals surface area contributed by atoms with E-state index < -0.39 is 11.8 Å². The van der Waals surface area contributed by atoms with Crippen molar-refractivity contribution < 1.29 is 13.9 Å². The number of ether oxygens (including phenoxy) is 1. The van der Waals surface area contributed by atoms with E-state index in [1.165, 1.54) is 18.2 Å². The molecule has 0 fully saturated rings. The largest absolute Gasteiger partial charge is 0.421 e. The Bertz CT molecular complexity index is 791. The lowest BCUT2D eigenvalue weighted by Gasteiger charge is -1.99. The molecule has 1 aromatic heterocycles. The van der Waals surface area contributed by atoms with E-state index >= 15 is 0 Å².